The fourth-order valence-corrected chi connectivity index (χ4v) is 3.20. The summed E-state index contributed by atoms with van der Waals surface area (Å²) >= 11 is 0. The van der Waals surface area contributed by atoms with Gasteiger partial charge in [-0.05, 0) is 62.6 Å². The highest BCUT2D eigenvalue weighted by Gasteiger charge is 2.24. The quantitative estimate of drug-likeness (QED) is 0.318. The third-order valence-electron chi connectivity index (χ3n) is 5.63. The van der Waals surface area contributed by atoms with Crippen LogP contribution in [0, 0.1) is 17.7 Å². The van der Waals surface area contributed by atoms with Crippen LogP contribution in [-0.4, -0.2) is 38.6 Å². The van der Waals surface area contributed by atoms with Gasteiger partial charge >= 0.3 is 0 Å². The van der Waals surface area contributed by atoms with Crippen LogP contribution in [0.2, 0.25) is 0 Å². The zero-order valence-corrected chi connectivity index (χ0v) is 17.5. The van der Waals surface area contributed by atoms with E-state index < -0.39 is 0 Å². The number of hydrogen-bond acceptors (Lipinski definition) is 3. The van der Waals surface area contributed by atoms with Crippen LogP contribution in [0.4, 0.5) is 4.39 Å². The Labute approximate surface area is 172 Å². The zero-order valence-electron chi connectivity index (χ0n) is 17.5. The molecule has 0 aromatic heterocycles. The van der Waals surface area contributed by atoms with Crippen molar-refractivity contribution in [1.82, 2.24) is 16.0 Å². The topological polar surface area (TPSA) is 74.8 Å². The van der Waals surface area contributed by atoms with Crippen molar-refractivity contribution >= 4 is 11.9 Å². The number of rotatable bonds is 10. The Hall–Kier alpha value is -2.31. The lowest BCUT2D eigenvalue weighted by Crippen LogP contribution is -2.40. The Morgan fingerprint density at radius 2 is 2.00 bits per heavy atom. The summed E-state index contributed by atoms with van der Waals surface area (Å²) < 4.78 is 19.9. The maximum Gasteiger partial charge on any atom is 0.223 e. The summed E-state index contributed by atoms with van der Waals surface area (Å²) in [5.74, 6) is 1.64. The van der Waals surface area contributed by atoms with Crippen molar-refractivity contribution in [1.29, 1.82) is 0 Å². The van der Waals surface area contributed by atoms with Crippen molar-refractivity contribution < 1.29 is 13.9 Å². The van der Waals surface area contributed by atoms with E-state index in [1.54, 1.807) is 13.1 Å². The highest BCUT2D eigenvalue weighted by Crippen LogP contribution is 2.30. The molecular weight excluding hydrogens is 371 g/mol. The molecule has 0 radical (unpaired) electrons. The molecule has 0 saturated heterocycles. The number of halogens is 1. The van der Waals surface area contributed by atoms with Crippen LogP contribution < -0.4 is 20.7 Å². The number of ether oxygens (including phenoxy) is 1. The van der Waals surface area contributed by atoms with Gasteiger partial charge in [-0.2, -0.15) is 0 Å². The van der Waals surface area contributed by atoms with Gasteiger partial charge in [0.1, 0.15) is 0 Å². The minimum atomic E-state index is -0.332. The van der Waals surface area contributed by atoms with Crippen molar-refractivity contribution in [2.45, 2.75) is 51.5 Å². The summed E-state index contributed by atoms with van der Waals surface area (Å²) in [5, 5.41) is 9.49. The number of carbonyl (C=O) groups is 1. The molecular formula is C22H33FN4O2. The third kappa shape index (κ3) is 6.61. The minimum Gasteiger partial charge on any atom is -0.490 e. The molecule has 7 heteroatoms. The molecule has 1 unspecified atom stereocenters. The van der Waals surface area contributed by atoms with Crippen molar-refractivity contribution in [3.63, 3.8) is 0 Å². The molecule has 1 atom stereocenters. The molecule has 0 aliphatic heterocycles. The molecule has 160 valence electrons. The van der Waals surface area contributed by atoms with Crippen LogP contribution in [-0.2, 0) is 4.79 Å². The van der Waals surface area contributed by atoms with E-state index in [1.807, 2.05) is 13.0 Å². The molecule has 29 heavy (non-hydrogen) atoms. The number of carbonyl (C=O) groups excluding carboxylic acids is 1. The predicted octanol–water partition coefficient (Wildman–Crippen LogP) is 3.15. The first-order valence-electron chi connectivity index (χ1n) is 10.7. The van der Waals surface area contributed by atoms with Crippen LogP contribution in [0.1, 0.15) is 57.1 Å². The van der Waals surface area contributed by atoms with Crippen molar-refractivity contribution in [2.75, 3.05) is 26.7 Å². The molecule has 2 aliphatic carbocycles. The van der Waals surface area contributed by atoms with Gasteiger partial charge in [0.15, 0.2) is 17.5 Å². The van der Waals surface area contributed by atoms with Gasteiger partial charge in [-0.25, -0.2) is 4.39 Å². The van der Waals surface area contributed by atoms with Gasteiger partial charge in [0.05, 0.1) is 12.6 Å². The van der Waals surface area contributed by atoms with Gasteiger partial charge in [-0.1, -0.05) is 12.5 Å². The van der Waals surface area contributed by atoms with Gasteiger partial charge in [-0.3, -0.25) is 9.79 Å². The van der Waals surface area contributed by atoms with Gasteiger partial charge in [0, 0.05) is 26.1 Å². The summed E-state index contributed by atoms with van der Waals surface area (Å²) in [6.45, 7) is 3.91. The highest BCUT2D eigenvalue weighted by molar-refractivity contribution is 5.80. The summed E-state index contributed by atoms with van der Waals surface area (Å²) in [5.41, 5.74) is 0.831. The van der Waals surface area contributed by atoms with Gasteiger partial charge in [0.2, 0.25) is 5.91 Å². The summed E-state index contributed by atoms with van der Waals surface area (Å²) in [4.78, 5) is 16.0. The van der Waals surface area contributed by atoms with Crippen molar-refractivity contribution in [2.24, 2.45) is 16.8 Å². The third-order valence-corrected chi connectivity index (χ3v) is 5.63. The molecule has 0 bridgehead atoms. The molecule has 0 heterocycles. The molecule has 2 saturated carbocycles. The predicted molar refractivity (Wildman–Crippen MR) is 112 cm³/mol. The van der Waals surface area contributed by atoms with Crippen LogP contribution in [0.3, 0.4) is 0 Å². The lowest BCUT2D eigenvalue weighted by Gasteiger charge is -2.24. The molecule has 3 N–H and O–H groups in total. The van der Waals surface area contributed by atoms with E-state index in [9.17, 15) is 9.18 Å². The Morgan fingerprint density at radius 3 is 2.62 bits per heavy atom. The number of amides is 1. The fourth-order valence-electron chi connectivity index (χ4n) is 3.20. The molecule has 6 nitrogen and oxygen atoms in total. The molecule has 2 fully saturated rings. The van der Waals surface area contributed by atoms with E-state index in [1.165, 1.54) is 25.3 Å². The first-order valence-corrected chi connectivity index (χ1v) is 10.7. The van der Waals surface area contributed by atoms with E-state index >= 15 is 0 Å². The number of aliphatic imine (C=N–C) groups is 1. The molecule has 1 aromatic rings. The molecule has 2 aliphatic rings. The van der Waals surface area contributed by atoms with E-state index in [0.29, 0.717) is 37.3 Å². The van der Waals surface area contributed by atoms with Crippen molar-refractivity contribution in [3.05, 3.63) is 29.6 Å². The molecule has 1 aromatic carbocycles. The van der Waals surface area contributed by atoms with Crippen molar-refractivity contribution in [3.8, 4) is 5.75 Å². The normalized spacial score (nSPS) is 18.0. The largest absolute Gasteiger partial charge is 0.490 e. The van der Waals surface area contributed by atoms with E-state index in [4.69, 9.17) is 4.74 Å². The first kappa shape index (κ1) is 21.4. The fraction of sp³-hybridized carbons (Fsp3) is 0.636. The summed E-state index contributed by atoms with van der Waals surface area (Å²) in [7, 11) is 1.70. The Kier molecular flexibility index (Phi) is 7.72. The van der Waals surface area contributed by atoms with E-state index in [-0.39, 0.29) is 23.7 Å². The Balaban J connectivity index is 1.37. The Bertz CT molecular complexity index is 717. The maximum atomic E-state index is 14.3. The van der Waals surface area contributed by atoms with Gasteiger partial charge in [-0.15, -0.1) is 0 Å². The summed E-state index contributed by atoms with van der Waals surface area (Å²) in [6.07, 6.45) is 6.38. The monoisotopic (exact) mass is 404 g/mol. The molecule has 0 spiro atoms. The van der Waals surface area contributed by atoms with E-state index in [2.05, 4.69) is 20.9 Å². The average Bonchev–Trinajstić information content (AvgIpc) is 3.48. The second kappa shape index (κ2) is 10.5. The van der Waals surface area contributed by atoms with Crippen LogP contribution in [0.15, 0.2) is 23.2 Å². The average molecular weight is 405 g/mol. The van der Waals surface area contributed by atoms with Gasteiger partial charge < -0.3 is 20.7 Å². The number of nitrogens with zero attached hydrogens (tertiary/aromatic N) is 1. The second-order valence-electron chi connectivity index (χ2n) is 8.08. The summed E-state index contributed by atoms with van der Waals surface area (Å²) in [6, 6.07) is 4.99. The van der Waals surface area contributed by atoms with Gasteiger partial charge in [0.25, 0.3) is 0 Å². The SMILES string of the molecule is CN=C(NCCCNC(=O)C1CCC1)NC(C)c1ccc(OCC2CC2)c(F)c1. The molecule has 1 amide bonds. The first-order chi connectivity index (χ1) is 14.1. The van der Waals surface area contributed by atoms with Crippen LogP contribution >= 0.6 is 0 Å². The van der Waals surface area contributed by atoms with Crippen LogP contribution in [0.5, 0.6) is 5.75 Å². The standard InChI is InChI=1S/C22H33FN4O2/c1-15(18-9-10-20(19(23)13-18)29-14-16-7-8-16)27-22(24-2)26-12-4-11-25-21(28)17-5-3-6-17/h9-10,13,15-17H,3-8,11-12,14H2,1-2H3,(H,25,28)(H2,24,26,27). The zero-order chi connectivity index (χ0) is 20.6. The van der Waals surface area contributed by atoms with E-state index in [0.717, 1.165) is 24.8 Å². The van der Waals surface area contributed by atoms with Crippen LogP contribution in [0.25, 0.3) is 0 Å². The number of nitrogens with one attached hydrogen (secondary N) is 3. The lowest BCUT2D eigenvalue weighted by molar-refractivity contribution is -0.127. The lowest BCUT2D eigenvalue weighted by atomic mass is 9.85. The number of benzene rings is 1. The highest BCUT2D eigenvalue weighted by atomic mass is 19.1. The smallest absolute Gasteiger partial charge is 0.223 e. The number of hydrogen-bond donors (Lipinski definition) is 3. The number of guanidine groups is 1. The Morgan fingerprint density at radius 1 is 1.24 bits per heavy atom. The molecule has 3 rings (SSSR count). The minimum absolute atomic E-state index is 0.105. The maximum absolute atomic E-state index is 14.3. The second-order valence-corrected chi connectivity index (χ2v) is 8.08.